The molecule has 4 rings (SSSR count). The molecule has 1 aliphatic heterocycles. The lowest BCUT2D eigenvalue weighted by Gasteiger charge is -2.34. The van der Waals surface area contributed by atoms with Crippen LogP contribution in [0.4, 0.5) is 4.39 Å². The summed E-state index contributed by atoms with van der Waals surface area (Å²) >= 11 is 6.74. The van der Waals surface area contributed by atoms with Crippen molar-refractivity contribution in [2.45, 2.75) is 4.90 Å². The molecule has 1 fully saturated rings. The van der Waals surface area contributed by atoms with Gasteiger partial charge in [0.05, 0.1) is 20.1 Å². The summed E-state index contributed by atoms with van der Waals surface area (Å²) in [6.07, 6.45) is 0. The van der Waals surface area contributed by atoms with Gasteiger partial charge in [-0.15, -0.1) is 0 Å². The van der Waals surface area contributed by atoms with Gasteiger partial charge in [0.25, 0.3) is 5.91 Å². The number of amides is 1. The molecule has 1 saturated heterocycles. The molecule has 2 aromatic carbocycles. The number of carbonyl (C=O) groups is 1. The summed E-state index contributed by atoms with van der Waals surface area (Å²) in [5.41, 5.74) is 0.930. The first-order valence-electron chi connectivity index (χ1n) is 9.02. The van der Waals surface area contributed by atoms with E-state index in [2.05, 4.69) is 0 Å². The van der Waals surface area contributed by atoms with E-state index in [0.29, 0.717) is 10.2 Å². The summed E-state index contributed by atoms with van der Waals surface area (Å²) < 4.78 is 42.8. The minimum absolute atomic E-state index is 0.113. The minimum Gasteiger partial charge on any atom is -0.336 e. The molecule has 1 aromatic heterocycles. The van der Waals surface area contributed by atoms with Gasteiger partial charge in [0.1, 0.15) is 5.82 Å². The van der Waals surface area contributed by atoms with E-state index in [9.17, 15) is 22.4 Å². The third-order valence-electron chi connectivity index (χ3n) is 5.09. The Hall–Kier alpha value is -2.27. The fraction of sp³-hybridized carbons (Fsp3) is 0.263. The number of benzene rings is 2. The minimum atomic E-state index is -3.76. The number of halogens is 2. The van der Waals surface area contributed by atoms with E-state index < -0.39 is 15.8 Å². The topological polar surface area (TPSA) is 79.7 Å². The number of hydrogen-bond acceptors (Lipinski definition) is 5. The second kappa shape index (κ2) is 7.77. The standard InChI is InChI=1S/C19H17ClFN3O4S2/c1-22-16-5-3-13(11-17(16)29-19(22)26)30(27,28)24-8-6-23(7-9-24)18(25)12-2-4-15(21)14(20)10-12/h2-5,10-11H,6-9H2,1H3. The molecule has 0 bridgehead atoms. The molecule has 0 saturated carbocycles. The fourth-order valence-corrected chi connectivity index (χ4v) is 5.99. The van der Waals surface area contributed by atoms with E-state index in [1.807, 2.05) is 0 Å². The van der Waals surface area contributed by atoms with Crippen LogP contribution < -0.4 is 4.87 Å². The SMILES string of the molecule is Cn1c(=O)sc2cc(S(=O)(=O)N3CCN(C(=O)c4ccc(F)c(Cl)c4)CC3)ccc21. The highest BCUT2D eigenvalue weighted by Crippen LogP contribution is 2.25. The molecule has 2 heterocycles. The van der Waals surface area contributed by atoms with Crippen molar-refractivity contribution in [3.8, 4) is 0 Å². The second-order valence-electron chi connectivity index (χ2n) is 6.88. The van der Waals surface area contributed by atoms with Crippen molar-refractivity contribution < 1.29 is 17.6 Å². The predicted octanol–water partition coefficient (Wildman–Crippen LogP) is 2.54. The molecule has 158 valence electrons. The highest BCUT2D eigenvalue weighted by atomic mass is 35.5. The second-order valence-corrected chi connectivity index (χ2v) is 10.2. The van der Waals surface area contributed by atoms with Crippen LogP contribution in [0.3, 0.4) is 0 Å². The van der Waals surface area contributed by atoms with Gasteiger partial charge in [-0.05, 0) is 36.4 Å². The number of hydrogen-bond donors (Lipinski definition) is 0. The fourth-order valence-electron chi connectivity index (χ4n) is 3.37. The molecule has 30 heavy (non-hydrogen) atoms. The summed E-state index contributed by atoms with van der Waals surface area (Å²) in [7, 11) is -2.12. The van der Waals surface area contributed by atoms with Crippen LogP contribution in [-0.2, 0) is 17.1 Å². The monoisotopic (exact) mass is 469 g/mol. The highest BCUT2D eigenvalue weighted by molar-refractivity contribution is 7.89. The lowest BCUT2D eigenvalue weighted by atomic mass is 10.2. The Morgan fingerprint density at radius 3 is 2.47 bits per heavy atom. The lowest BCUT2D eigenvalue weighted by Crippen LogP contribution is -2.50. The summed E-state index contributed by atoms with van der Waals surface area (Å²) in [5, 5.41) is -0.138. The predicted molar refractivity (Wildman–Crippen MR) is 113 cm³/mol. The number of thiazole rings is 1. The number of carbonyl (C=O) groups excluding carboxylic acids is 1. The molecule has 0 N–H and O–H groups in total. The zero-order chi connectivity index (χ0) is 21.6. The van der Waals surface area contributed by atoms with Crippen LogP contribution in [0.2, 0.25) is 5.02 Å². The van der Waals surface area contributed by atoms with Crippen molar-refractivity contribution in [2.24, 2.45) is 7.05 Å². The first-order valence-corrected chi connectivity index (χ1v) is 11.7. The van der Waals surface area contributed by atoms with Crippen LogP contribution in [-0.4, -0.2) is 54.3 Å². The molecular weight excluding hydrogens is 453 g/mol. The van der Waals surface area contributed by atoms with E-state index >= 15 is 0 Å². The van der Waals surface area contributed by atoms with E-state index in [4.69, 9.17) is 11.6 Å². The maximum atomic E-state index is 13.3. The third kappa shape index (κ3) is 3.64. The van der Waals surface area contributed by atoms with Crippen LogP contribution in [0, 0.1) is 5.82 Å². The number of aromatic nitrogens is 1. The smallest absolute Gasteiger partial charge is 0.307 e. The lowest BCUT2D eigenvalue weighted by molar-refractivity contribution is 0.0698. The van der Waals surface area contributed by atoms with Crippen molar-refractivity contribution in [2.75, 3.05) is 26.2 Å². The molecule has 3 aromatic rings. The largest absolute Gasteiger partial charge is 0.336 e. The van der Waals surface area contributed by atoms with Crippen molar-refractivity contribution in [1.82, 2.24) is 13.8 Å². The van der Waals surface area contributed by atoms with Crippen molar-refractivity contribution in [1.29, 1.82) is 0 Å². The van der Waals surface area contributed by atoms with Gasteiger partial charge in [0.2, 0.25) is 10.0 Å². The number of sulfonamides is 1. The van der Waals surface area contributed by atoms with Crippen LogP contribution >= 0.6 is 22.9 Å². The van der Waals surface area contributed by atoms with Crippen molar-refractivity contribution in [3.05, 3.63) is 62.5 Å². The summed E-state index contributed by atoms with van der Waals surface area (Å²) in [5.74, 6) is -0.936. The van der Waals surface area contributed by atoms with E-state index in [-0.39, 0.29) is 52.4 Å². The van der Waals surface area contributed by atoms with Gasteiger partial charge in [0, 0.05) is 38.8 Å². The Morgan fingerprint density at radius 2 is 1.80 bits per heavy atom. The van der Waals surface area contributed by atoms with Gasteiger partial charge in [-0.25, -0.2) is 12.8 Å². The molecule has 0 spiro atoms. The molecule has 7 nitrogen and oxygen atoms in total. The third-order valence-corrected chi connectivity index (χ3v) is 8.27. The van der Waals surface area contributed by atoms with Crippen LogP contribution in [0.15, 0.2) is 46.1 Å². The number of rotatable bonds is 3. The van der Waals surface area contributed by atoms with E-state index in [1.165, 1.54) is 38.0 Å². The Morgan fingerprint density at radius 1 is 1.10 bits per heavy atom. The van der Waals surface area contributed by atoms with E-state index in [0.717, 1.165) is 17.4 Å². The van der Waals surface area contributed by atoms with Gasteiger partial charge in [-0.2, -0.15) is 4.31 Å². The zero-order valence-corrected chi connectivity index (χ0v) is 18.2. The summed E-state index contributed by atoms with van der Waals surface area (Å²) in [6, 6.07) is 8.37. The Bertz CT molecular complexity index is 1310. The maximum absolute atomic E-state index is 13.3. The van der Waals surface area contributed by atoms with Gasteiger partial charge < -0.3 is 9.47 Å². The molecule has 1 amide bonds. The Balaban J connectivity index is 1.51. The first kappa shape index (κ1) is 21.0. The van der Waals surface area contributed by atoms with Gasteiger partial charge >= 0.3 is 4.87 Å². The Labute approximate surface area is 180 Å². The number of fused-ring (bicyclic) bond motifs is 1. The quantitative estimate of drug-likeness (QED) is 0.590. The molecule has 0 unspecified atom stereocenters. The molecule has 0 radical (unpaired) electrons. The van der Waals surface area contributed by atoms with Gasteiger partial charge in [-0.1, -0.05) is 22.9 Å². The zero-order valence-electron chi connectivity index (χ0n) is 15.8. The Kier molecular flexibility index (Phi) is 5.43. The van der Waals surface area contributed by atoms with Gasteiger partial charge in [0.15, 0.2) is 0 Å². The molecule has 1 aliphatic rings. The van der Waals surface area contributed by atoms with E-state index in [1.54, 1.807) is 13.1 Å². The highest BCUT2D eigenvalue weighted by Gasteiger charge is 2.31. The van der Waals surface area contributed by atoms with Gasteiger partial charge in [-0.3, -0.25) is 9.59 Å². The molecule has 0 aliphatic carbocycles. The average Bonchev–Trinajstić information content (AvgIpc) is 3.02. The number of piperazine rings is 1. The normalized spacial score (nSPS) is 15.6. The maximum Gasteiger partial charge on any atom is 0.307 e. The average molecular weight is 470 g/mol. The molecule has 0 atom stereocenters. The van der Waals surface area contributed by atoms with Crippen molar-refractivity contribution >= 4 is 49.1 Å². The van der Waals surface area contributed by atoms with Crippen LogP contribution in [0.1, 0.15) is 10.4 Å². The molecule has 11 heteroatoms. The number of nitrogens with zero attached hydrogens (tertiary/aromatic N) is 3. The van der Waals surface area contributed by atoms with Crippen molar-refractivity contribution in [3.63, 3.8) is 0 Å². The van der Waals surface area contributed by atoms with Crippen LogP contribution in [0.25, 0.3) is 10.2 Å². The summed E-state index contributed by atoms with van der Waals surface area (Å²) in [6.45, 7) is 0.667. The summed E-state index contributed by atoms with van der Waals surface area (Å²) in [4.78, 5) is 25.9. The molecular formula is C19H17ClFN3O4S2. The number of aryl methyl sites for hydroxylation is 1. The van der Waals surface area contributed by atoms with Crippen LogP contribution in [0.5, 0.6) is 0 Å². The first-order chi connectivity index (χ1) is 14.2.